The number of nitrogen functional groups attached to an aromatic ring is 1. The fraction of sp³-hybridized carbons (Fsp3) is 0.300. The van der Waals surface area contributed by atoms with Crippen LogP contribution in [0, 0.1) is 5.41 Å². The van der Waals surface area contributed by atoms with Crippen LogP contribution in [0.25, 0.3) is 0 Å². The minimum absolute atomic E-state index is 0.0572. The summed E-state index contributed by atoms with van der Waals surface area (Å²) in [5, 5.41) is 7.26. The van der Waals surface area contributed by atoms with Gasteiger partial charge in [-0.2, -0.15) is 0 Å². The van der Waals surface area contributed by atoms with E-state index in [0.717, 1.165) is 10.2 Å². The molecule has 0 radical (unpaired) electrons. The van der Waals surface area contributed by atoms with E-state index in [9.17, 15) is 0 Å². The van der Waals surface area contributed by atoms with Gasteiger partial charge in [0.25, 0.3) is 0 Å². The van der Waals surface area contributed by atoms with Crippen LogP contribution in [0.3, 0.4) is 0 Å². The average Bonchev–Trinajstić information content (AvgIpc) is 2.07. The molecule has 0 fully saturated rings. The van der Waals surface area contributed by atoms with Crippen LogP contribution in [-0.2, 0) is 0 Å². The number of amidine groups is 1. The first kappa shape index (κ1) is 11.0. The maximum absolute atomic E-state index is 7.26. The molecule has 0 bridgehead atoms. The maximum atomic E-state index is 7.26. The Hall–Kier alpha value is -1.03. The first-order valence-corrected chi connectivity index (χ1v) is 5.10. The molecule has 14 heavy (non-hydrogen) atoms. The fourth-order valence-electron chi connectivity index (χ4n) is 1.02. The van der Waals surface area contributed by atoms with Crippen molar-refractivity contribution in [3.05, 3.63) is 28.2 Å². The lowest BCUT2D eigenvalue weighted by Crippen LogP contribution is -2.11. The maximum Gasteiger partial charge on any atom is 0.133 e. The molecule has 0 aliphatic heterocycles. The molecule has 0 aliphatic carbocycles. The lowest BCUT2D eigenvalue weighted by Gasteiger charge is -2.11. The minimum atomic E-state index is 0.0572. The molecule has 0 aromatic heterocycles. The Balaban J connectivity index is 2.95. The quantitative estimate of drug-likeness (QED) is 0.645. The van der Waals surface area contributed by atoms with Crippen molar-refractivity contribution < 1.29 is 4.74 Å². The molecule has 3 nitrogen and oxygen atoms in total. The van der Waals surface area contributed by atoms with E-state index >= 15 is 0 Å². The third-order valence-electron chi connectivity index (χ3n) is 1.61. The highest BCUT2D eigenvalue weighted by molar-refractivity contribution is 9.10. The van der Waals surface area contributed by atoms with Crippen LogP contribution in [0.4, 0.5) is 0 Å². The highest BCUT2D eigenvalue weighted by atomic mass is 79.9. The Kier molecular flexibility index (Phi) is 3.52. The van der Waals surface area contributed by atoms with E-state index in [1.165, 1.54) is 0 Å². The first-order valence-electron chi connectivity index (χ1n) is 4.31. The number of benzene rings is 1. The monoisotopic (exact) mass is 256 g/mol. The normalized spacial score (nSPS) is 10.3. The smallest absolute Gasteiger partial charge is 0.133 e. The average molecular weight is 257 g/mol. The fourth-order valence-corrected chi connectivity index (χ4v) is 1.49. The standard InChI is InChI=1S/C10H13BrN2O/c1-6(2)14-9-4-3-7(10(12)13)5-8(9)11/h3-6H,1-2H3,(H3,12,13). The summed E-state index contributed by atoms with van der Waals surface area (Å²) in [6, 6.07) is 5.35. The largest absolute Gasteiger partial charge is 0.490 e. The number of nitrogens with two attached hydrogens (primary N) is 1. The van der Waals surface area contributed by atoms with Crippen molar-refractivity contribution in [2.24, 2.45) is 5.73 Å². The van der Waals surface area contributed by atoms with E-state index in [2.05, 4.69) is 15.9 Å². The minimum Gasteiger partial charge on any atom is -0.490 e. The molecular weight excluding hydrogens is 244 g/mol. The summed E-state index contributed by atoms with van der Waals surface area (Å²) in [5.41, 5.74) is 6.04. The van der Waals surface area contributed by atoms with Gasteiger partial charge in [-0.15, -0.1) is 0 Å². The van der Waals surface area contributed by atoms with Crippen molar-refractivity contribution in [2.75, 3.05) is 0 Å². The first-order chi connectivity index (χ1) is 6.50. The van der Waals surface area contributed by atoms with Gasteiger partial charge in [0.15, 0.2) is 0 Å². The van der Waals surface area contributed by atoms with Gasteiger partial charge in [0.2, 0.25) is 0 Å². The molecule has 76 valence electrons. The lowest BCUT2D eigenvalue weighted by atomic mass is 10.2. The van der Waals surface area contributed by atoms with Crippen LogP contribution in [0.15, 0.2) is 22.7 Å². The van der Waals surface area contributed by atoms with Gasteiger partial charge in [0.05, 0.1) is 10.6 Å². The van der Waals surface area contributed by atoms with Gasteiger partial charge < -0.3 is 10.5 Å². The molecule has 1 aromatic carbocycles. The van der Waals surface area contributed by atoms with Crippen LogP contribution in [-0.4, -0.2) is 11.9 Å². The second kappa shape index (κ2) is 4.46. The van der Waals surface area contributed by atoms with E-state index in [4.69, 9.17) is 15.9 Å². The van der Waals surface area contributed by atoms with Crippen LogP contribution in [0.2, 0.25) is 0 Å². The predicted molar refractivity (Wildman–Crippen MR) is 60.9 cm³/mol. The number of ether oxygens (including phenoxy) is 1. The second-order valence-corrected chi connectivity index (χ2v) is 4.08. The third-order valence-corrected chi connectivity index (χ3v) is 2.23. The molecule has 3 N–H and O–H groups in total. The van der Waals surface area contributed by atoms with Crippen LogP contribution in [0.1, 0.15) is 19.4 Å². The Morgan fingerprint density at radius 3 is 2.57 bits per heavy atom. The molecule has 0 unspecified atom stereocenters. The van der Waals surface area contributed by atoms with Crippen LogP contribution < -0.4 is 10.5 Å². The summed E-state index contributed by atoms with van der Waals surface area (Å²) in [5.74, 6) is 0.826. The van der Waals surface area contributed by atoms with Crippen molar-refractivity contribution in [1.82, 2.24) is 0 Å². The molecule has 4 heteroatoms. The summed E-state index contributed by atoms with van der Waals surface area (Å²) in [6.07, 6.45) is 0.134. The highest BCUT2D eigenvalue weighted by Gasteiger charge is 2.05. The summed E-state index contributed by atoms with van der Waals surface area (Å²) in [6.45, 7) is 3.93. The Bertz CT molecular complexity index is 350. The zero-order valence-electron chi connectivity index (χ0n) is 8.17. The van der Waals surface area contributed by atoms with E-state index < -0.39 is 0 Å². The number of halogens is 1. The molecule has 0 spiro atoms. The van der Waals surface area contributed by atoms with Crippen molar-refractivity contribution in [3.8, 4) is 5.75 Å². The van der Waals surface area contributed by atoms with E-state index in [-0.39, 0.29) is 11.9 Å². The van der Waals surface area contributed by atoms with E-state index in [1.54, 1.807) is 18.2 Å². The van der Waals surface area contributed by atoms with Gasteiger partial charge in [0, 0.05) is 5.56 Å². The third kappa shape index (κ3) is 2.73. The summed E-state index contributed by atoms with van der Waals surface area (Å²) >= 11 is 3.37. The van der Waals surface area contributed by atoms with E-state index in [0.29, 0.717) is 5.56 Å². The lowest BCUT2D eigenvalue weighted by molar-refractivity contribution is 0.241. The van der Waals surface area contributed by atoms with Crippen LogP contribution >= 0.6 is 15.9 Å². The van der Waals surface area contributed by atoms with E-state index in [1.807, 2.05) is 13.8 Å². The van der Waals surface area contributed by atoms with Gasteiger partial charge >= 0.3 is 0 Å². The van der Waals surface area contributed by atoms with Crippen molar-refractivity contribution in [3.63, 3.8) is 0 Å². The molecular formula is C10H13BrN2O. The summed E-state index contributed by atoms with van der Waals surface area (Å²) in [4.78, 5) is 0. The topological polar surface area (TPSA) is 59.1 Å². The van der Waals surface area contributed by atoms with Gasteiger partial charge in [-0.05, 0) is 48.0 Å². The number of hydrogen-bond donors (Lipinski definition) is 2. The SMILES string of the molecule is CC(C)Oc1ccc(C(=N)N)cc1Br. The summed E-state index contributed by atoms with van der Waals surface area (Å²) < 4.78 is 6.34. The molecule has 0 aliphatic rings. The summed E-state index contributed by atoms with van der Waals surface area (Å²) in [7, 11) is 0. The molecule has 1 rings (SSSR count). The van der Waals surface area contributed by atoms with Gasteiger partial charge in [-0.1, -0.05) is 0 Å². The Morgan fingerprint density at radius 2 is 2.14 bits per heavy atom. The van der Waals surface area contributed by atoms with Crippen LogP contribution in [0.5, 0.6) is 5.75 Å². The van der Waals surface area contributed by atoms with Gasteiger partial charge in [-0.3, -0.25) is 5.41 Å². The number of nitrogens with one attached hydrogen (secondary N) is 1. The Labute approximate surface area is 91.9 Å². The van der Waals surface area contributed by atoms with Gasteiger partial charge in [-0.25, -0.2) is 0 Å². The zero-order valence-corrected chi connectivity index (χ0v) is 9.76. The second-order valence-electron chi connectivity index (χ2n) is 3.23. The highest BCUT2D eigenvalue weighted by Crippen LogP contribution is 2.26. The molecule has 0 amide bonds. The zero-order chi connectivity index (χ0) is 10.7. The Morgan fingerprint density at radius 1 is 1.50 bits per heavy atom. The van der Waals surface area contributed by atoms with Gasteiger partial charge in [0.1, 0.15) is 11.6 Å². The molecule has 0 saturated heterocycles. The van der Waals surface area contributed by atoms with Crippen molar-refractivity contribution in [2.45, 2.75) is 20.0 Å². The predicted octanol–water partition coefficient (Wildman–Crippen LogP) is 2.52. The molecule has 0 saturated carbocycles. The number of hydrogen-bond acceptors (Lipinski definition) is 2. The molecule has 1 aromatic rings. The van der Waals surface area contributed by atoms with Crippen molar-refractivity contribution >= 4 is 21.8 Å². The van der Waals surface area contributed by atoms with Crippen molar-refractivity contribution in [1.29, 1.82) is 5.41 Å². The number of rotatable bonds is 3. The molecule has 0 atom stereocenters. The molecule has 0 heterocycles.